The number of hydrogen-bond donors (Lipinski definition) is 4. The van der Waals surface area contributed by atoms with Crippen molar-refractivity contribution in [3.05, 3.63) is 58.1 Å². The molecule has 2 aromatic rings. The van der Waals surface area contributed by atoms with Crippen LogP contribution >= 0.6 is 0 Å². The second-order valence-corrected chi connectivity index (χ2v) is 5.77. The largest absolute Gasteiger partial charge is 0.508 e. The fourth-order valence-electron chi connectivity index (χ4n) is 2.54. The van der Waals surface area contributed by atoms with Crippen molar-refractivity contribution in [1.82, 2.24) is 0 Å². The van der Waals surface area contributed by atoms with Crippen LogP contribution in [-0.4, -0.2) is 51.2 Å². The fourth-order valence-corrected chi connectivity index (χ4v) is 2.54. The number of methoxy groups -OCH3 is 1. The van der Waals surface area contributed by atoms with Crippen LogP contribution in [0.15, 0.2) is 30.3 Å². The molecule has 0 aromatic heterocycles. The number of carboxylic acid groups (broad SMARTS) is 2. The highest BCUT2D eigenvalue weighted by molar-refractivity contribution is 6.16. The van der Waals surface area contributed by atoms with Crippen LogP contribution in [0.2, 0.25) is 0 Å². The van der Waals surface area contributed by atoms with Crippen LogP contribution in [0.25, 0.3) is 0 Å². The molecule has 0 fully saturated rings. The Labute approximate surface area is 158 Å². The van der Waals surface area contributed by atoms with E-state index in [4.69, 9.17) is 5.11 Å². The number of rotatable bonds is 7. The Kier molecular flexibility index (Phi) is 5.99. The van der Waals surface area contributed by atoms with Crippen molar-refractivity contribution < 1.29 is 44.3 Å². The van der Waals surface area contributed by atoms with Gasteiger partial charge in [-0.2, -0.15) is 0 Å². The van der Waals surface area contributed by atoms with Gasteiger partial charge in [-0.25, -0.2) is 9.59 Å². The normalized spacial score (nSPS) is 10.3. The first-order valence-corrected chi connectivity index (χ1v) is 7.92. The van der Waals surface area contributed by atoms with E-state index in [1.54, 1.807) is 0 Å². The van der Waals surface area contributed by atoms with E-state index in [1.807, 2.05) is 0 Å². The van der Waals surface area contributed by atoms with Gasteiger partial charge in [0.25, 0.3) is 0 Å². The maximum atomic E-state index is 12.8. The summed E-state index contributed by atoms with van der Waals surface area (Å²) in [6.07, 6.45) is -0.0998. The second kappa shape index (κ2) is 8.21. The van der Waals surface area contributed by atoms with Gasteiger partial charge in [0.15, 0.2) is 5.78 Å². The van der Waals surface area contributed by atoms with Gasteiger partial charge in [-0.1, -0.05) is 0 Å². The Balaban J connectivity index is 2.54. The van der Waals surface area contributed by atoms with Crippen LogP contribution in [0.1, 0.15) is 48.6 Å². The first kappa shape index (κ1) is 20.4. The lowest BCUT2D eigenvalue weighted by molar-refractivity contribution is -0.140. The van der Waals surface area contributed by atoms with Crippen LogP contribution in [-0.2, 0) is 16.0 Å². The second-order valence-electron chi connectivity index (χ2n) is 5.77. The number of carboxylic acids is 2. The molecule has 9 heteroatoms. The summed E-state index contributed by atoms with van der Waals surface area (Å²) in [7, 11) is 1.19. The predicted molar refractivity (Wildman–Crippen MR) is 93.9 cm³/mol. The molecule has 0 aliphatic rings. The van der Waals surface area contributed by atoms with E-state index in [0.717, 1.165) is 30.3 Å². The van der Waals surface area contributed by atoms with Crippen molar-refractivity contribution in [1.29, 1.82) is 0 Å². The first-order valence-electron chi connectivity index (χ1n) is 7.92. The Morgan fingerprint density at radius 3 is 2.11 bits per heavy atom. The third-order valence-electron chi connectivity index (χ3n) is 4.01. The highest BCUT2D eigenvalue weighted by Gasteiger charge is 2.23. The van der Waals surface area contributed by atoms with Crippen LogP contribution in [0.5, 0.6) is 11.5 Å². The minimum atomic E-state index is -1.45. The van der Waals surface area contributed by atoms with Crippen molar-refractivity contribution in [3.8, 4) is 11.5 Å². The zero-order chi connectivity index (χ0) is 21.0. The summed E-state index contributed by atoms with van der Waals surface area (Å²) in [5, 5.41) is 38.3. The molecule has 0 bridgehead atoms. The molecule has 0 amide bonds. The monoisotopic (exact) mass is 388 g/mol. The summed E-state index contributed by atoms with van der Waals surface area (Å²) >= 11 is 0. The van der Waals surface area contributed by atoms with Gasteiger partial charge >= 0.3 is 17.9 Å². The molecule has 0 aliphatic carbocycles. The molecule has 0 spiro atoms. The Bertz CT molecular complexity index is 976. The fraction of sp³-hybridized carbons (Fsp3) is 0.158. The quantitative estimate of drug-likeness (QED) is 0.410. The van der Waals surface area contributed by atoms with Crippen molar-refractivity contribution in [2.45, 2.75) is 12.8 Å². The number of aromatic carboxylic acids is 2. The molecule has 0 saturated carbocycles. The molecule has 0 saturated heterocycles. The van der Waals surface area contributed by atoms with E-state index in [2.05, 4.69) is 4.74 Å². The van der Waals surface area contributed by atoms with E-state index in [9.17, 15) is 34.5 Å². The highest BCUT2D eigenvalue weighted by Crippen LogP contribution is 2.31. The number of carbonyl (C=O) groups is 4. The third kappa shape index (κ3) is 4.26. The average Bonchev–Trinajstić information content (AvgIpc) is 2.65. The Morgan fingerprint density at radius 1 is 0.857 bits per heavy atom. The topological polar surface area (TPSA) is 158 Å². The zero-order valence-corrected chi connectivity index (χ0v) is 14.6. The van der Waals surface area contributed by atoms with Crippen molar-refractivity contribution >= 4 is 23.7 Å². The number of hydrogen-bond acceptors (Lipinski definition) is 7. The van der Waals surface area contributed by atoms with Crippen molar-refractivity contribution in [2.75, 3.05) is 7.11 Å². The van der Waals surface area contributed by atoms with Gasteiger partial charge in [0.2, 0.25) is 0 Å². The van der Waals surface area contributed by atoms with Crippen molar-refractivity contribution in [3.63, 3.8) is 0 Å². The number of carbonyl (C=O) groups excluding carboxylic acids is 2. The summed E-state index contributed by atoms with van der Waals surface area (Å²) in [4.78, 5) is 46.7. The van der Waals surface area contributed by atoms with Crippen LogP contribution in [0.3, 0.4) is 0 Å². The smallest absolute Gasteiger partial charge is 0.336 e. The number of aryl methyl sites for hydroxylation is 1. The number of benzene rings is 2. The van der Waals surface area contributed by atoms with E-state index < -0.39 is 40.6 Å². The first-order chi connectivity index (χ1) is 13.1. The molecule has 2 aromatic carbocycles. The SMILES string of the molecule is COC(=O)CCc1cc(C(=O)c2cc(C(=O)O)ccc2C(=O)O)c(O)cc1O. The minimum Gasteiger partial charge on any atom is -0.508 e. The summed E-state index contributed by atoms with van der Waals surface area (Å²) in [6, 6.07) is 4.93. The molecule has 2 rings (SSSR count). The van der Waals surface area contributed by atoms with Gasteiger partial charge in [0.05, 0.1) is 23.8 Å². The summed E-state index contributed by atoms with van der Waals surface area (Å²) in [5.41, 5.74) is -1.39. The Hall–Kier alpha value is -3.88. The van der Waals surface area contributed by atoms with Gasteiger partial charge in [-0.15, -0.1) is 0 Å². The van der Waals surface area contributed by atoms with Crippen LogP contribution in [0.4, 0.5) is 0 Å². The lowest BCUT2D eigenvalue weighted by Crippen LogP contribution is -2.12. The molecular formula is C19H16O9. The van der Waals surface area contributed by atoms with E-state index in [-0.39, 0.29) is 35.3 Å². The average molecular weight is 388 g/mol. The predicted octanol–water partition coefficient (Wildman–Crippen LogP) is 1.83. The Morgan fingerprint density at radius 2 is 1.54 bits per heavy atom. The van der Waals surface area contributed by atoms with E-state index >= 15 is 0 Å². The zero-order valence-electron chi connectivity index (χ0n) is 14.6. The summed E-state index contributed by atoms with van der Waals surface area (Å²) in [5.74, 6) is -5.30. The number of phenolic OH excluding ortho intramolecular Hbond substituents is 2. The summed E-state index contributed by atoms with van der Waals surface area (Å²) in [6.45, 7) is 0. The maximum Gasteiger partial charge on any atom is 0.336 e. The molecule has 9 nitrogen and oxygen atoms in total. The van der Waals surface area contributed by atoms with Gasteiger partial charge in [0, 0.05) is 18.1 Å². The lowest BCUT2D eigenvalue weighted by atomic mass is 9.93. The number of ether oxygens (including phenoxy) is 1. The molecule has 0 aliphatic heterocycles. The highest BCUT2D eigenvalue weighted by atomic mass is 16.5. The number of ketones is 1. The molecule has 28 heavy (non-hydrogen) atoms. The van der Waals surface area contributed by atoms with Gasteiger partial charge < -0.3 is 25.2 Å². The van der Waals surface area contributed by atoms with Gasteiger partial charge in [-0.05, 0) is 36.2 Å². The van der Waals surface area contributed by atoms with Gasteiger partial charge in [0.1, 0.15) is 11.5 Å². The molecule has 0 atom stereocenters. The minimum absolute atomic E-state index is 0.0000198. The lowest BCUT2D eigenvalue weighted by Gasteiger charge is -2.11. The van der Waals surface area contributed by atoms with Crippen LogP contribution in [0, 0.1) is 0 Å². The molecule has 0 unspecified atom stereocenters. The standard InChI is InChI=1S/C19H16O9/c1-28-16(22)5-3-9-6-13(15(21)8-14(9)20)17(23)12-7-10(18(24)25)2-4-11(12)19(26)27/h2,4,6-8,20-21H,3,5H2,1H3,(H,24,25)(H,26,27). The molecule has 4 N–H and O–H groups in total. The molecule has 146 valence electrons. The van der Waals surface area contributed by atoms with E-state index in [1.165, 1.54) is 7.11 Å². The van der Waals surface area contributed by atoms with Crippen molar-refractivity contribution in [2.24, 2.45) is 0 Å². The third-order valence-corrected chi connectivity index (χ3v) is 4.01. The summed E-state index contributed by atoms with van der Waals surface area (Å²) < 4.78 is 4.50. The van der Waals surface area contributed by atoms with E-state index in [0.29, 0.717) is 0 Å². The molecule has 0 radical (unpaired) electrons. The number of phenols is 2. The number of esters is 1. The molecular weight excluding hydrogens is 372 g/mol. The molecule has 0 heterocycles. The number of aromatic hydroxyl groups is 2. The maximum absolute atomic E-state index is 12.8. The van der Waals surface area contributed by atoms with Crippen LogP contribution < -0.4 is 0 Å². The van der Waals surface area contributed by atoms with Gasteiger partial charge in [-0.3, -0.25) is 9.59 Å².